The maximum absolute atomic E-state index is 9.21. The Labute approximate surface area is 132 Å². The van der Waals surface area contributed by atoms with Crippen LogP contribution in [0.4, 0.5) is 5.82 Å². The zero-order valence-electron chi connectivity index (χ0n) is 11.4. The van der Waals surface area contributed by atoms with Gasteiger partial charge in [0.15, 0.2) is 0 Å². The van der Waals surface area contributed by atoms with Crippen molar-refractivity contribution >= 4 is 21.7 Å². The number of benzene rings is 1. The lowest BCUT2D eigenvalue weighted by atomic mass is 10.1. The highest BCUT2D eigenvalue weighted by Crippen LogP contribution is 2.27. The fourth-order valence-corrected chi connectivity index (χ4v) is 2.72. The molecule has 1 fully saturated rings. The van der Waals surface area contributed by atoms with Crippen LogP contribution in [0.1, 0.15) is 17.2 Å². The summed E-state index contributed by atoms with van der Waals surface area (Å²) in [4.78, 5) is 6.48. The number of anilines is 1. The Bertz CT molecular complexity index is 666. The number of aromatic nitrogens is 1. The Kier molecular flexibility index (Phi) is 4.18. The summed E-state index contributed by atoms with van der Waals surface area (Å²) in [7, 11) is 0. The van der Waals surface area contributed by atoms with Gasteiger partial charge in [-0.15, -0.1) is 0 Å². The number of morpholine rings is 1. The average Bonchev–Trinajstić information content (AvgIpc) is 2.55. The quantitative estimate of drug-likeness (QED) is 0.839. The van der Waals surface area contributed by atoms with E-state index in [0.29, 0.717) is 18.7 Å². The molecule has 0 saturated carbocycles. The van der Waals surface area contributed by atoms with Gasteiger partial charge >= 0.3 is 0 Å². The number of hydrogen-bond acceptors (Lipinski definition) is 4. The van der Waals surface area contributed by atoms with Gasteiger partial charge in [-0.2, -0.15) is 5.26 Å². The minimum atomic E-state index is 0.000369. The summed E-state index contributed by atoms with van der Waals surface area (Å²) < 4.78 is 6.91. The van der Waals surface area contributed by atoms with Crippen LogP contribution in [0.3, 0.4) is 0 Å². The van der Waals surface area contributed by atoms with Crippen LogP contribution >= 0.6 is 15.9 Å². The van der Waals surface area contributed by atoms with Gasteiger partial charge in [0.1, 0.15) is 18.0 Å². The third-order valence-electron chi connectivity index (χ3n) is 3.51. The summed E-state index contributed by atoms with van der Waals surface area (Å²) in [5.74, 6) is 0.741. The molecule has 0 radical (unpaired) electrons. The number of rotatable bonds is 2. The molecule has 0 N–H and O–H groups in total. The number of ether oxygens (including phenoxy) is 1. The molecule has 0 amide bonds. The molecule has 2 aromatic rings. The highest BCUT2D eigenvalue weighted by Gasteiger charge is 2.24. The second-order valence-corrected chi connectivity index (χ2v) is 5.76. The molecule has 0 spiro atoms. The van der Waals surface area contributed by atoms with Crippen molar-refractivity contribution < 1.29 is 4.74 Å². The molecule has 21 heavy (non-hydrogen) atoms. The fourth-order valence-electron chi connectivity index (χ4n) is 2.46. The fraction of sp³-hybridized carbons (Fsp3) is 0.250. The summed E-state index contributed by atoms with van der Waals surface area (Å²) in [6.07, 6.45) is 1.72. The minimum Gasteiger partial charge on any atom is -0.370 e. The van der Waals surface area contributed by atoms with Crippen LogP contribution in [0, 0.1) is 11.3 Å². The van der Waals surface area contributed by atoms with E-state index >= 15 is 0 Å². The third kappa shape index (κ3) is 3.07. The second-order valence-electron chi connectivity index (χ2n) is 4.84. The first-order valence-electron chi connectivity index (χ1n) is 6.75. The average molecular weight is 344 g/mol. The maximum Gasteiger partial charge on any atom is 0.146 e. The zero-order valence-corrected chi connectivity index (χ0v) is 13.0. The molecule has 5 heteroatoms. The molecule has 2 heterocycles. The lowest BCUT2D eigenvalue weighted by Gasteiger charge is -2.34. The lowest BCUT2D eigenvalue weighted by Crippen LogP contribution is -2.39. The molecule has 1 saturated heterocycles. The van der Waals surface area contributed by atoms with Gasteiger partial charge in [-0.05, 0) is 29.8 Å². The number of pyridine rings is 1. The normalized spacial score (nSPS) is 18.3. The molecule has 3 rings (SSSR count). The van der Waals surface area contributed by atoms with Crippen molar-refractivity contribution in [3.05, 3.63) is 58.2 Å². The summed E-state index contributed by atoms with van der Waals surface area (Å²) >= 11 is 3.44. The van der Waals surface area contributed by atoms with Crippen LogP contribution in [0.2, 0.25) is 0 Å². The number of halogens is 1. The molecule has 1 aliphatic rings. The Hall–Kier alpha value is -1.90. The molecule has 1 aromatic heterocycles. The molecular weight excluding hydrogens is 330 g/mol. The lowest BCUT2D eigenvalue weighted by molar-refractivity contribution is 0.0395. The van der Waals surface area contributed by atoms with Crippen LogP contribution in [-0.2, 0) is 4.74 Å². The first-order valence-corrected chi connectivity index (χ1v) is 7.54. The molecule has 0 bridgehead atoms. The molecule has 0 aliphatic carbocycles. The topological polar surface area (TPSA) is 49.2 Å². The van der Waals surface area contributed by atoms with E-state index in [-0.39, 0.29) is 6.10 Å². The summed E-state index contributed by atoms with van der Waals surface area (Å²) in [5, 5.41) is 9.21. The van der Waals surface area contributed by atoms with E-state index in [9.17, 15) is 5.26 Å². The van der Waals surface area contributed by atoms with E-state index in [0.717, 1.165) is 22.4 Å². The monoisotopic (exact) mass is 343 g/mol. The van der Waals surface area contributed by atoms with E-state index in [2.05, 4.69) is 44.0 Å². The van der Waals surface area contributed by atoms with Gasteiger partial charge in [0.2, 0.25) is 0 Å². The second kappa shape index (κ2) is 6.25. The van der Waals surface area contributed by atoms with Crippen molar-refractivity contribution in [2.45, 2.75) is 6.10 Å². The van der Waals surface area contributed by atoms with Crippen LogP contribution < -0.4 is 4.90 Å². The smallest absolute Gasteiger partial charge is 0.146 e. The van der Waals surface area contributed by atoms with Gasteiger partial charge < -0.3 is 9.64 Å². The van der Waals surface area contributed by atoms with Crippen molar-refractivity contribution in [1.82, 2.24) is 4.98 Å². The summed E-state index contributed by atoms with van der Waals surface area (Å²) in [6, 6.07) is 13.9. The van der Waals surface area contributed by atoms with E-state index in [1.54, 1.807) is 18.3 Å². The van der Waals surface area contributed by atoms with Crippen molar-refractivity contribution in [2.24, 2.45) is 0 Å². The summed E-state index contributed by atoms with van der Waals surface area (Å²) in [5.41, 5.74) is 1.74. The van der Waals surface area contributed by atoms with E-state index in [1.807, 2.05) is 12.1 Å². The van der Waals surface area contributed by atoms with Crippen molar-refractivity contribution in [3.8, 4) is 6.07 Å². The molecule has 1 aromatic carbocycles. The summed E-state index contributed by atoms with van der Waals surface area (Å²) in [6.45, 7) is 2.08. The van der Waals surface area contributed by atoms with Crippen LogP contribution in [-0.4, -0.2) is 24.7 Å². The molecule has 1 aliphatic heterocycles. The Morgan fingerprint density at radius 2 is 2.10 bits per heavy atom. The molecular formula is C16H14BrN3O. The molecule has 106 valence electrons. The Balaban J connectivity index is 1.83. The van der Waals surface area contributed by atoms with Gasteiger partial charge in [0, 0.05) is 23.8 Å². The molecule has 1 unspecified atom stereocenters. The van der Waals surface area contributed by atoms with E-state index in [1.165, 1.54) is 0 Å². The first kappa shape index (κ1) is 14.1. The maximum atomic E-state index is 9.21. The Morgan fingerprint density at radius 3 is 2.86 bits per heavy atom. The van der Waals surface area contributed by atoms with Gasteiger partial charge in [-0.1, -0.05) is 28.1 Å². The zero-order chi connectivity index (χ0) is 14.7. The van der Waals surface area contributed by atoms with Crippen molar-refractivity contribution in [2.75, 3.05) is 24.6 Å². The highest BCUT2D eigenvalue weighted by molar-refractivity contribution is 9.10. The van der Waals surface area contributed by atoms with Gasteiger partial charge in [0.05, 0.1) is 12.2 Å². The van der Waals surface area contributed by atoms with Gasteiger partial charge in [0.25, 0.3) is 0 Å². The van der Waals surface area contributed by atoms with E-state index in [4.69, 9.17) is 4.74 Å². The number of nitriles is 1. The highest BCUT2D eigenvalue weighted by atomic mass is 79.9. The molecule has 4 nitrogen and oxygen atoms in total. The SMILES string of the molecule is N#Cc1cccnc1N1CCOC(c2ccc(Br)cc2)C1. The van der Waals surface area contributed by atoms with E-state index < -0.39 is 0 Å². The standard InChI is InChI=1S/C16H14BrN3O/c17-14-5-3-12(4-6-14)15-11-20(8-9-21-15)16-13(10-18)2-1-7-19-16/h1-7,15H,8-9,11H2. The Morgan fingerprint density at radius 1 is 1.29 bits per heavy atom. The third-order valence-corrected chi connectivity index (χ3v) is 4.04. The number of nitrogens with zero attached hydrogens (tertiary/aromatic N) is 3. The minimum absolute atomic E-state index is 0.000369. The van der Waals surface area contributed by atoms with Gasteiger partial charge in [-0.25, -0.2) is 4.98 Å². The van der Waals surface area contributed by atoms with Gasteiger partial charge in [-0.3, -0.25) is 0 Å². The first-order chi connectivity index (χ1) is 10.3. The van der Waals surface area contributed by atoms with Crippen molar-refractivity contribution in [1.29, 1.82) is 5.26 Å². The van der Waals surface area contributed by atoms with Crippen LogP contribution in [0.15, 0.2) is 47.1 Å². The predicted molar refractivity (Wildman–Crippen MR) is 84.0 cm³/mol. The number of hydrogen-bond donors (Lipinski definition) is 0. The van der Waals surface area contributed by atoms with Crippen LogP contribution in [0.25, 0.3) is 0 Å². The van der Waals surface area contributed by atoms with Crippen LogP contribution in [0.5, 0.6) is 0 Å². The largest absolute Gasteiger partial charge is 0.370 e. The molecule has 1 atom stereocenters. The van der Waals surface area contributed by atoms with Crippen molar-refractivity contribution in [3.63, 3.8) is 0 Å². The predicted octanol–water partition coefficient (Wildman–Crippen LogP) is 3.29.